The molecule has 86 valence electrons. The minimum atomic E-state index is -0.118. The molecule has 0 aliphatic rings. The summed E-state index contributed by atoms with van der Waals surface area (Å²) in [5, 5.41) is 0.678. The van der Waals surface area contributed by atoms with E-state index in [-0.39, 0.29) is 5.78 Å². The molecule has 0 atom stereocenters. The van der Waals surface area contributed by atoms with Crippen molar-refractivity contribution in [3.05, 3.63) is 59.1 Å². The molecule has 2 rings (SSSR count). The Balaban J connectivity index is 2.14. The Morgan fingerprint density at radius 1 is 1.35 bits per heavy atom. The third kappa shape index (κ3) is 2.82. The van der Waals surface area contributed by atoms with Crippen LogP contribution >= 0.6 is 11.6 Å². The lowest BCUT2D eigenvalue weighted by Crippen LogP contribution is -2.03. The summed E-state index contributed by atoms with van der Waals surface area (Å²) >= 11 is 5.77. The minimum Gasteiger partial charge on any atom is -0.331 e. The van der Waals surface area contributed by atoms with E-state index in [1.165, 1.54) is 6.08 Å². The van der Waals surface area contributed by atoms with Crippen LogP contribution in [-0.2, 0) is 7.05 Å². The second-order valence-corrected chi connectivity index (χ2v) is 4.05. The second-order valence-electron chi connectivity index (χ2n) is 3.61. The van der Waals surface area contributed by atoms with Crippen LogP contribution in [0.4, 0.5) is 0 Å². The van der Waals surface area contributed by atoms with Crippen molar-refractivity contribution in [1.82, 2.24) is 9.55 Å². The van der Waals surface area contributed by atoms with Crippen LogP contribution in [-0.4, -0.2) is 15.3 Å². The monoisotopic (exact) mass is 246 g/mol. The number of benzene rings is 1. The van der Waals surface area contributed by atoms with Gasteiger partial charge in [-0.1, -0.05) is 29.8 Å². The number of aryl methyl sites for hydroxylation is 1. The van der Waals surface area contributed by atoms with Gasteiger partial charge in [-0.15, -0.1) is 0 Å². The molecular weight excluding hydrogens is 236 g/mol. The third-order valence-electron chi connectivity index (χ3n) is 2.34. The average molecular weight is 247 g/mol. The van der Waals surface area contributed by atoms with Gasteiger partial charge in [0.25, 0.3) is 0 Å². The number of halogens is 1. The summed E-state index contributed by atoms with van der Waals surface area (Å²) in [4.78, 5) is 15.8. The molecule has 0 bridgehead atoms. The highest BCUT2D eigenvalue weighted by Crippen LogP contribution is 2.11. The van der Waals surface area contributed by atoms with Crippen LogP contribution in [0.1, 0.15) is 16.2 Å². The normalized spacial score (nSPS) is 10.9. The van der Waals surface area contributed by atoms with Gasteiger partial charge in [-0.25, -0.2) is 4.98 Å². The molecule has 0 radical (unpaired) electrons. The molecule has 0 spiro atoms. The van der Waals surface area contributed by atoms with E-state index >= 15 is 0 Å². The molecule has 2 aromatic rings. The van der Waals surface area contributed by atoms with Crippen molar-refractivity contribution in [2.45, 2.75) is 0 Å². The van der Waals surface area contributed by atoms with Crippen LogP contribution in [0.3, 0.4) is 0 Å². The standard InChI is InChI=1S/C13H11ClN2O/c1-16-9-8-15-13(16)12(17)7-4-10-2-5-11(14)6-3-10/h2-9H,1H3. The lowest BCUT2D eigenvalue weighted by molar-refractivity contribution is 0.103. The zero-order valence-corrected chi connectivity index (χ0v) is 10.1. The van der Waals surface area contributed by atoms with E-state index in [1.807, 2.05) is 12.1 Å². The molecule has 0 fully saturated rings. The molecule has 0 N–H and O–H groups in total. The predicted molar refractivity (Wildman–Crippen MR) is 68.0 cm³/mol. The van der Waals surface area contributed by atoms with Gasteiger partial charge in [-0.2, -0.15) is 0 Å². The Hall–Kier alpha value is -1.87. The van der Waals surface area contributed by atoms with Crippen LogP contribution in [0.25, 0.3) is 6.08 Å². The maximum absolute atomic E-state index is 11.8. The van der Waals surface area contributed by atoms with Gasteiger partial charge in [0.1, 0.15) is 0 Å². The van der Waals surface area contributed by atoms with Crippen LogP contribution < -0.4 is 0 Å². The first kappa shape index (κ1) is 11.6. The highest BCUT2D eigenvalue weighted by Gasteiger charge is 2.06. The molecule has 0 saturated heterocycles. The number of carbonyl (C=O) groups is 1. The zero-order chi connectivity index (χ0) is 12.3. The van der Waals surface area contributed by atoms with Gasteiger partial charge < -0.3 is 4.57 Å². The number of hydrogen-bond donors (Lipinski definition) is 0. The molecule has 4 heteroatoms. The highest BCUT2D eigenvalue weighted by atomic mass is 35.5. The van der Waals surface area contributed by atoms with E-state index in [0.29, 0.717) is 10.8 Å². The van der Waals surface area contributed by atoms with Gasteiger partial charge in [-0.3, -0.25) is 4.79 Å². The molecule has 0 amide bonds. The molecule has 1 heterocycles. The average Bonchev–Trinajstić information content (AvgIpc) is 2.74. The lowest BCUT2D eigenvalue weighted by atomic mass is 10.2. The summed E-state index contributed by atoms with van der Waals surface area (Å²) in [5.41, 5.74) is 0.928. The number of hydrogen-bond acceptors (Lipinski definition) is 2. The fourth-order valence-electron chi connectivity index (χ4n) is 1.42. The van der Waals surface area contributed by atoms with Gasteiger partial charge in [0, 0.05) is 24.5 Å². The van der Waals surface area contributed by atoms with Crippen LogP contribution in [0.15, 0.2) is 42.7 Å². The quantitative estimate of drug-likeness (QED) is 0.617. The van der Waals surface area contributed by atoms with Crippen molar-refractivity contribution in [3.63, 3.8) is 0 Å². The number of nitrogens with zero attached hydrogens (tertiary/aromatic N) is 2. The van der Waals surface area contributed by atoms with Crippen molar-refractivity contribution in [2.75, 3.05) is 0 Å². The summed E-state index contributed by atoms with van der Waals surface area (Å²) in [6, 6.07) is 7.27. The number of ketones is 1. The maximum atomic E-state index is 11.8. The second kappa shape index (κ2) is 4.97. The summed E-state index contributed by atoms with van der Waals surface area (Å²) in [5.74, 6) is 0.308. The van der Waals surface area contributed by atoms with Crippen molar-refractivity contribution >= 4 is 23.5 Å². The van der Waals surface area contributed by atoms with E-state index in [1.54, 1.807) is 42.2 Å². The maximum Gasteiger partial charge on any atom is 0.221 e. The van der Waals surface area contributed by atoms with Gasteiger partial charge >= 0.3 is 0 Å². The smallest absolute Gasteiger partial charge is 0.221 e. The topological polar surface area (TPSA) is 34.9 Å². The summed E-state index contributed by atoms with van der Waals surface area (Å²) in [7, 11) is 1.79. The SMILES string of the molecule is Cn1ccnc1C(=O)C=Cc1ccc(Cl)cc1. The third-order valence-corrected chi connectivity index (χ3v) is 2.59. The predicted octanol–water partition coefficient (Wildman–Crippen LogP) is 2.97. The van der Waals surface area contributed by atoms with Crippen molar-refractivity contribution in [2.24, 2.45) is 7.05 Å². The number of allylic oxidation sites excluding steroid dienone is 1. The Morgan fingerprint density at radius 3 is 2.65 bits per heavy atom. The number of rotatable bonds is 3. The number of aromatic nitrogens is 2. The van der Waals surface area contributed by atoms with Crippen molar-refractivity contribution in [1.29, 1.82) is 0 Å². The molecule has 0 aliphatic carbocycles. The summed E-state index contributed by atoms with van der Waals surface area (Å²) in [6.45, 7) is 0. The van der Waals surface area contributed by atoms with E-state index in [0.717, 1.165) is 5.56 Å². The molecule has 0 aliphatic heterocycles. The highest BCUT2D eigenvalue weighted by molar-refractivity contribution is 6.30. The molecular formula is C13H11ClN2O. The molecule has 1 aromatic carbocycles. The van der Waals surface area contributed by atoms with Gasteiger partial charge in [0.15, 0.2) is 5.82 Å². The van der Waals surface area contributed by atoms with E-state index < -0.39 is 0 Å². The van der Waals surface area contributed by atoms with E-state index in [9.17, 15) is 4.79 Å². The number of imidazole rings is 1. The summed E-state index contributed by atoms with van der Waals surface area (Å²) in [6.07, 6.45) is 6.59. The lowest BCUT2D eigenvalue weighted by Gasteiger charge is -1.96. The van der Waals surface area contributed by atoms with Crippen molar-refractivity contribution in [3.8, 4) is 0 Å². The van der Waals surface area contributed by atoms with E-state index in [2.05, 4.69) is 4.98 Å². The minimum absolute atomic E-state index is 0.118. The van der Waals surface area contributed by atoms with Crippen LogP contribution in [0, 0.1) is 0 Å². The molecule has 0 saturated carbocycles. The fourth-order valence-corrected chi connectivity index (χ4v) is 1.55. The van der Waals surface area contributed by atoms with Crippen LogP contribution in [0.5, 0.6) is 0 Å². The van der Waals surface area contributed by atoms with Crippen molar-refractivity contribution < 1.29 is 4.79 Å². The number of carbonyl (C=O) groups excluding carboxylic acids is 1. The summed E-state index contributed by atoms with van der Waals surface area (Å²) < 4.78 is 1.69. The molecule has 17 heavy (non-hydrogen) atoms. The van der Waals surface area contributed by atoms with E-state index in [4.69, 9.17) is 11.6 Å². The first-order chi connectivity index (χ1) is 8.16. The van der Waals surface area contributed by atoms with Gasteiger partial charge in [0.05, 0.1) is 0 Å². The van der Waals surface area contributed by atoms with Gasteiger partial charge in [0.2, 0.25) is 5.78 Å². The fraction of sp³-hybridized carbons (Fsp3) is 0.0769. The zero-order valence-electron chi connectivity index (χ0n) is 9.30. The molecule has 0 unspecified atom stereocenters. The largest absolute Gasteiger partial charge is 0.331 e. The Labute approximate surface area is 104 Å². The first-order valence-corrected chi connectivity index (χ1v) is 5.50. The van der Waals surface area contributed by atoms with Gasteiger partial charge in [-0.05, 0) is 23.8 Å². The first-order valence-electron chi connectivity index (χ1n) is 5.12. The molecule has 1 aromatic heterocycles. The molecule has 3 nitrogen and oxygen atoms in total. The Morgan fingerprint density at radius 2 is 2.06 bits per heavy atom. The Kier molecular flexibility index (Phi) is 3.40. The Bertz CT molecular complexity index is 555. The van der Waals surface area contributed by atoms with Crippen LogP contribution in [0.2, 0.25) is 5.02 Å².